The van der Waals surface area contributed by atoms with Gasteiger partial charge in [0.05, 0.1) is 24.8 Å². The lowest BCUT2D eigenvalue weighted by Gasteiger charge is -2.25. The molecule has 2 aliphatic rings. The Labute approximate surface area is 177 Å². The fraction of sp³-hybridized carbons (Fsp3) is 0.522. The maximum absolute atomic E-state index is 13.1. The Kier molecular flexibility index (Phi) is 6.18. The van der Waals surface area contributed by atoms with E-state index in [0.29, 0.717) is 43.6 Å². The zero-order valence-corrected chi connectivity index (χ0v) is 17.7. The molecule has 160 valence electrons. The topological polar surface area (TPSA) is 75.9 Å². The fourth-order valence-corrected chi connectivity index (χ4v) is 3.80. The molecule has 1 aliphatic carbocycles. The molecule has 0 radical (unpaired) electrons. The summed E-state index contributed by atoms with van der Waals surface area (Å²) in [6.45, 7) is 5.84. The van der Waals surface area contributed by atoms with E-state index in [0.717, 1.165) is 11.1 Å². The van der Waals surface area contributed by atoms with E-state index in [1.807, 2.05) is 42.2 Å². The van der Waals surface area contributed by atoms with E-state index in [9.17, 15) is 9.59 Å². The van der Waals surface area contributed by atoms with E-state index < -0.39 is 0 Å². The average molecular weight is 412 g/mol. The van der Waals surface area contributed by atoms with E-state index in [2.05, 4.69) is 5.16 Å². The van der Waals surface area contributed by atoms with Crippen LogP contribution in [0.3, 0.4) is 0 Å². The highest BCUT2D eigenvalue weighted by Crippen LogP contribution is 2.29. The molecule has 2 fully saturated rings. The van der Waals surface area contributed by atoms with Crippen LogP contribution < -0.4 is 0 Å². The van der Waals surface area contributed by atoms with Gasteiger partial charge in [-0.3, -0.25) is 9.59 Å². The number of benzene rings is 1. The summed E-state index contributed by atoms with van der Waals surface area (Å²) >= 11 is 0. The summed E-state index contributed by atoms with van der Waals surface area (Å²) in [7, 11) is 0. The number of nitrogens with zero attached hydrogens (tertiary/aromatic N) is 3. The zero-order chi connectivity index (χ0) is 21.1. The molecular formula is C23H29N3O4. The van der Waals surface area contributed by atoms with Crippen LogP contribution in [0, 0.1) is 19.8 Å². The molecule has 7 heteroatoms. The zero-order valence-electron chi connectivity index (χ0n) is 17.7. The SMILES string of the molecule is Cc1noc(C)c1CC(=O)N1CC(=O)N(Cc2ccccc2)CC(OCC2CC2)C1. The second-order valence-electron chi connectivity index (χ2n) is 8.41. The second kappa shape index (κ2) is 9.00. The molecule has 1 unspecified atom stereocenters. The third-order valence-electron chi connectivity index (χ3n) is 5.87. The van der Waals surface area contributed by atoms with Crippen molar-refractivity contribution >= 4 is 11.8 Å². The molecular weight excluding hydrogens is 382 g/mol. The van der Waals surface area contributed by atoms with E-state index in [1.54, 1.807) is 11.8 Å². The van der Waals surface area contributed by atoms with Gasteiger partial charge >= 0.3 is 0 Å². The van der Waals surface area contributed by atoms with Crippen LogP contribution in [0.1, 0.15) is 35.4 Å². The number of carbonyl (C=O) groups excluding carboxylic acids is 2. The standard InChI is InChI=1S/C23H29N3O4/c1-16-21(17(2)30-24-16)10-22(27)26-13-20(29-15-19-8-9-19)12-25(23(28)14-26)11-18-6-4-3-5-7-18/h3-7,19-20H,8-15H2,1-2H3. The Morgan fingerprint density at radius 3 is 2.63 bits per heavy atom. The van der Waals surface area contributed by atoms with Gasteiger partial charge in [0.2, 0.25) is 11.8 Å². The number of rotatable bonds is 7. The first kappa shape index (κ1) is 20.6. The van der Waals surface area contributed by atoms with Crippen molar-refractivity contribution in [3.05, 3.63) is 52.9 Å². The Hall–Kier alpha value is -2.67. The summed E-state index contributed by atoms with van der Waals surface area (Å²) in [5, 5.41) is 3.93. The highest BCUT2D eigenvalue weighted by atomic mass is 16.5. The van der Waals surface area contributed by atoms with Gasteiger partial charge in [0.1, 0.15) is 5.76 Å². The molecule has 0 bridgehead atoms. The molecule has 1 aromatic heterocycles. The normalized spacial score (nSPS) is 19.8. The summed E-state index contributed by atoms with van der Waals surface area (Å²) in [4.78, 5) is 29.5. The monoisotopic (exact) mass is 411 g/mol. The minimum Gasteiger partial charge on any atom is -0.374 e. The molecule has 7 nitrogen and oxygen atoms in total. The van der Waals surface area contributed by atoms with Crippen LogP contribution >= 0.6 is 0 Å². The second-order valence-corrected chi connectivity index (χ2v) is 8.41. The van der Waals surface area contributed by atoms with Crippen LogP contribution in [-0.2, 0) is 27.3 Å². The van der Waals surface area contributed by atoms with Crippen molar-refractivity contribution in [2.45, 2.75) is 45.8 Å². The van der Waals surface area contributed by atoms with Crippen molar-refractivity contribution in [1.29, 1.82) is 0 Å². The first-order valence-corrected chi connectivity index (χ1v) is 10.6. The number of aryl methyl sites for hydroxylation is 2. The lowest BCUT2D eigenvalue weighted by Crippen LogP contribution is -2.40. The largest absolute Gasteiger partial charge is 0.374 e. The number of carbonyl (C=O) groups is 2. The van der Waals surface area contributed by atoms with Gasteiger partial charge in [-0.15, -0.1) is 0 Å². The van der Waals surface area contributed by atoms with Gasteiger partial charge in [-0.2, -0.15) is 0 Å². The summed E-state index contributed by atoms with van der Waals surface area (Å²) in [5.41, 5.74) is 2.59. The molecule has 1 saturated carbocycles. The molecule has 0 N–H and O–H groups in total. The predicted octanol–water partition coefficient (Wildman–Crippen LogP) is 2.50. The fourth-order valence-electron chi connectivity index (χ4n) is 3.80. The molecule has 1 atom stereocenters. The first-order valence-electron chi connectivity index (χ1n) is 10.6. The third kappa shape index (κ3) is 5.08. The maximum Gasteiger partial charge on any atom is 0.242 e. The Bertz CT molecular complexity index is 872. The summed E-state index contributed by atoms with van der Waals surface area (Å²) < 4.78 is 11.3. The van der Waals surface area contributed by atoms with Crippen molar-refractivity contribution in [2.24, 2.45) is 5.92 Å². The Balaban J connectivity index is 1.48. The minimum absolute atomic E-state index is 0.0523. The van der Waals surface area contributed by atoms with E-state index in [1.165, 1.54) is 12.8 Å². The summed E-state index contributed by atoms with van der Waals surface area (Å²) in [5.74, 6) is 1.12. The molecule has 1 aliphatic heterocycles. The molecule has 2 aromatic rings. The smallest absolute Gasteiger partial charge is 0.242 e. The number of hydrogen-bond acceptors (Lipinski definition) is 5. The molecule has 0 spiro atoms. The predicted molar refractivity (Wildman–Crippen MR) is 111 cm³/mol. The highest BCUT2D eigenvalue weighted by Gasteiger charge is 2.33. The van der Waals surface area contributed by atoms with Gasteiger partial charge in [0.15, 0.2) is 0 Å². The van der Waals surface area contributed by atoms with Crippen LogP contribution in [0.5, 0.6) is 0 Å². The number of aromatic nitrogens is 1. The molecule has 1 aromatic carbocycles. The maximum atomic E-state index is 13.1. The Morgan fingerprint density at radius 2 is 1.97 bits per heavy atom. The van der Waals surface area contributed by atoms with Gasteiger partial charge in [0, 0.05) is 31.8 Å². The van der Waals surface area contributed by atoms with Crippen molar-refractivity contribution in [2.75, 3.05) is 26.2 Å². The molecule has 30 heavy (non-hydrogen) atoms. The minimum atomic E-state index is -0.186. The lowest BCUT2D eigenvalue weighted by atomic mass is 10.1. The summed E-state index contributed by atoms with van der Waals surface area (Å²) in [6.07, 6.45) is 2.40. The van der Waals surface area contributed by atoms with E-state index >= 15 is 0 Å². The quantitative estimate of drug-likeness (QED) is 0.700. The third-order valence-corrected chi connectivity index (χ3v) is 5.87. The van der Waals surface area contributed by atoms with Crippen molar-refractivity contribution in [3.8, 4) is 0 Å². The van der Waals surface area contributed by atoms with Crippen molar-refractivity contribution in [3.63, 3.8) is 0 Å². The van der Waals surface area contributed by atoms with Crippen LogP contribution in [0.4, 0.5) is 0 Å². The summed E-state index contributed by atoms with van der Waals surface area (Å²) in [6, 6.07) is 9.93. The molecule has 2 amide bonds. The van der Waals surface area contributed by atoms with Crippen molar-refractivity contribution in [1.82, 2.24) is 15.0 Å². The van der Waals surface area contributed by atoms with Crippen LogP contribution in [-0.4, -0.2) is 59.1 Å². The first-order chi connectivity index (χ1) is 14.5. The van der Waals surface area contributed by atoms with Gasteiger partial charge in [-0.25, -0.2) is 0 Å². The van der Waals surface area contributed by atoms with Crippen LogP contribution in [0.2, 0.25) is 0 Å². The van der Waals surface area contributed by atoms with E-state index in [4.69, 9.17) is 9.26 Å². The van der Waals surface area contributed by atoms with Crippen molar-refractivity contribution < 1.29 is 18.8 Å². The Morgan fingerprint density at radius 1 is 1.20 bits per heavy atom. The highest BCUT2D eigenvalue weighted by molar-refractivity contribution is 5.86. The molecule has 2 heterocycles. The van der Waals surface area contributed by atoms with Gasteiger partial charge in [0.25, 0.3) is 0 Å². The van der Waals surface area contributed by atoms with Gasteiger partial charge < -0.3 is 19.1 Å². The average Bonchev–Trinajstić information content (AvgIpc) is 3.53. The van der Waals surface area contributed by atoms with Gasteiger partial charge in [-0.1, -0.05) is 35.5 Å². The van der Waals surface area contributed by atoms with Crippen LogP contribution in [0.15, 0.2) is 34.9 Å². The molecule has 4 rings (SSSR count). The van der Waals surface area contributed by atoms with E-state index in [-0.39, 0.29) is 30.9 Å². The van der Waals surface area contributed by atoms with Gasteiger partial charge in [-0.05, 0) is 38.2 Å². The lowest BCUT2D eigenvalue weighted by molar-refractivity contribution is -0.138. The molecule has 1 saturated heterocycles. The number of hydrogen-bond donors (Lipinski definition) is 0. The number of amides is 2. The number of ether oxygens (including phenoxy) is 1. The van der Waals surface area contributed by atoms with Crippen LogP contribution in [0.25, 0.3) is 0 Å².